The molecule has 0 bridgehead atoms. The summed E-state index contributed by atoms with van der Waals surface area (Å²) in [5, 5.41) is 8.30. The second-order valence-electron chi connectivity index (χ2n) is 6.54. The summed E-state index contributed by atoms with van der Waals surface area (Å²) in [4.78, 5) is 0. The minimum Gasteiger partial charge on any atom is -0.489 e. The minimum absolute atomic E-state index is 0.0200. The lowest BCUT2D eigenvalue weighted by atomic mass is 9.75. The van der Waals surface area contributed by atoms with Gasteiger partial charge in [0.2, 0.25) is 0 Å². The van der Waals surface area contributed by atoms with E-state index in [1.165, 1.54) is 12.8 Å². The van der Waals surface area contributed by atoms with Gasteiger partial charge in [-0.3, -0.25) is 5.41 Å². The van der Waals surface area contributed by atoms with Gasteiger partial charge in [0.25, 0.3) is 0 Å². The standard InChI is InChI=1S/C17H25ClN2O/c1-10(2)13-6-4-11(3)8-15(13)21-16-9-12(18)5-7-14(16)17(19)20/h5,7,9-11,13,15H,4,6,8H2,1-3H3,(H3,19,20). The zero-order chi connectivity index (χ0) is 15.6. The Kier molecular flexibility index (Phi) is 5.15. The van der Waals surface area contributed by atoms with Crippen LogP contribution in [0.4, 0.5) is 0 Å². The highest BCUT2D eigenvalue weighted by atomic mass is 35.5. The molecule has 1 aliphatic rings. The monoisotopic (exact) mass is 308 g/mol. The van der Waals surface area contributed by atoms with Gasteiger partial charge < -0.3 is 10.5 Å². The molecule has 4 heteroatoms. The predicted octanol–water partition coefficient (Wildman–Crippen LogP) is 4.46. The Labute approximate surface area is 132 Å². The first-order valence-electron chi connectivity index (χ1n) is 7.69. The summed E-state index contributed by atoms with van der Waals surface area (Å²) in [6.45, 7) is 6.78. The van der Waals surface area contributed by atoms with E-state index in [9.17, 15) is 0 Å². The molecule has 0 saturated heterocycles. The number of amidine groups is 1. The lowest BCUT2D eigenvalue weighted by molar-refractivity contribution is 0.0459. The Hall–Kier alpha value is -1.22. The number of hydrogen-bond donors (Lipinski definition) is 2. The Morgan fingerprint density at radius 1 is 1.38 bits per heavy atom. The second kappa shape index (κ2) is 6.69. The zero-order valence-corrected chi connectivity index (χ0v) is 13.8. The van der Waals surface area contributed by atoms with Crippen molar-refractivity contribution in [3.8, 4) is 5.75 Å². The lowest BCUT2D eigenvalue weighted by Crippen LogP contribution is -2.36. The summed E-state index contributed by atoms with van der Waals surface area (Å²) in [5.41, 5.74) is 6.28. The number of nitrogens with one attached hydrogen (secondary N) is 1. The van der Waals surface area contributed by atoms with Gasteiger partial charge in [0.15, 0.2) is 0 Å². The van der Waals surface area contributed by atoms with Gasteiger partial charge in [-0.2, -0.15) is 0 Å². The Morgan fingerprint density at radius 3 is 2.71 bits per heavy atom. The minimum atomic E-state index is 0.0200. The van der Waals surface area contributed by atoms with Crippen LogP contribution in [-0.4, -0.2) is 11.9 Å². The summed E-state index contributed by atoms with van der Waals surface area (Å²) in [6.07, 6.45) is 3.68. The first-order valence-corrected chi connectivity index (χ1v) is 8.07. The summed E-state index contributed by atoms with van der Waals surface area (Å²) in [7, 11) is 0. The Morgan fingerprint density at radius 2 is 2.10 bits per heavy atom. The van der Waals surface area contributed by atoms with E-state index < -0.39 is 0 Å². The molecule has 21 heavy (non-hydrogen) atoms. The molecule has 0 radical (unpaired) electrons. The maximum absolute atomic E-state index is 7.69. The van der Waals surface area contributed by atoms with Gasteiger partial charge in [-0.25, -0.2) is 0 Å². The zero-order valence-electron chi connectivity index (χ0n) is 13.0. The Balaban J connectivity index is 2.26. The van der Waals surface area contributed by atoms with Crippen molar-refractivity contribution in [2.45, 2.75) is 46.1 Å². The third-order valence-corrected chi connectivity index (χ3v) is 4.71. The molecule has 3 atom stereocenters. The lowest BCUT2D eigenvalue weighted by Gasteiger charge is -2.37. The highest BCUT2D eigenvalue weighted by molar-refractivity contribution is 6.30. The molecule has 0 aromatic heterocycles. The van der Waals surface area contributed by atoms with Crippen molar-refractivity contribution < 1.29 is 4.74 Å². The van der Waals surface area contributed by atoms with Crippen molar-refractivity contribution in [3.63, 3.8) is 0 Å². The van der Waals surface area contributed by atoms with E-state index in [0.29, 0.717) is 34.1 Å². The van der Waals surface area contributed by atoms with Crippen LogP contribution < -0.4 is 10.5 Å². The van der Waals surface area contributed by atoms with E-state index in [4.69, 9.17) is 27.5 Å². The van der Waals surface area contributed by atoms with Crippen molar-refractivity contribution in [3.05, 3.63) is 28.8 Å². The molecule has 1 aromatic rings. The van der Waals surface area contributed by atoms with Crippen molar-refractivity contribution in [2.75, 3.05) is 0 Å². The molecule has 0 amide bonds. The van der Waals surface area contributed by atoms with Crippen LogP contribution in [0.1, 0.15) is 45.6 Å². The molecule has 2 rings (SSSR count). The van der Waals surface area contributed by atoms with Crippen molar-refractivity contribution in [2.24, 2.45) is 23.5 Å². The fourth-order valence-corrected chi connectivity index (χ4v) is 3.39. The Bertz CT molecular complexity index is 516. The maximum atomic E-state index is 7.69. The molecule has 1 aliphatic carbocycles. The predicted molar refractivity (Wildman–Crippen MR) is 88.2 cm³/mol. The van der Waals surface area contributed by atoms with Crippen LogP contribution in [0.3, 0.4) is 0 Å². The maximum Gasteiger partial charge on any atom is 0.132 e. The molecule has 1 fully saturated rings. The van der Waals surface area contributed by atoms with E-state index in [1.54, 1.807) is 18.2 Å². The molecular formula is C17H25ClN2O. The topological polar surface area (TPSA) is 59.1 Å². The third kappa shape index (κ3) is 3.91. The number of ether oxygens (including phenoxy) is 1. The van der Waals surface area contributed by atoms with Gasteiger partial charge in [0, 0.05) is 5.02 Å². The van der Waals surface area contributed by atoms with Gasteiger partial charge >= 0.3 is 0 Å². The van der Waals surface area contributed by atoms with Crippen LogP contribution in [0.15, 0.2) is 18.2 Å². The average molecular weight is 309 g/mol. The van der Waals surface area contributed by atoms with Gasteiger partial charge in [-0.15, -0.1) is 0 Å². The van der Waals surface area contributed by atoms with E-state index in [2.05, 4.69) is 20.8 Å². The van der Waals surface area contributed by atoms with Gasteiger partial charge in [-0.1, -0.05) is 38.8 Å². The number of halogens is 1. The van der Waals surface area contributed by atoms with Crippen LogP contribution in [0.5, 0.6) is 5.75 Å². The first kappa shape index (κ1) is 16.2. The number of rotatable bonds is 4. The van der Waals surface area contributed by atoms with Crippen molar-refractivity contribution in [1.29, 1.82) is 5.41 Å². The molecular weight excluding hydrogens is 284 g/mol. The molecule has 3 N–H and O–H groups in total. The summed E-state index contributed by atoms with van der Waals surface area (Å²) >= 11 is 6.08. The highest BCUT2D eigenvalue weighted by Crippen LogP contribution is 2.37. The van der Waals surface area contributed by atoms with E-state index in [0.717, 1.165) is 6.42 Å². The molecule has 116 valence electrons. The molecule has 0 spiro atoms. The third-order valence-electron chi connectivity index (χ3n) is 4.47. The van der Waals surface area contributed by atoms with E-state index in [-0.39, 0.29) is 11.9 Å². The van der Waals surface area contributed by atoms with Gasteiger partial charge in [-0.05, 0) is 48.8 Å². The smallest absolute Gasteiger partial charge is 0.132 e. The van der Waals surface area contributed by atoms with Crippen LogP contribution in [-0.2, 0) is 0 Å². The number of benzene rings is 1. The quantitative estimate of drug-likeness (QED) is 0.637. The van der Waals surface area contributed by atoms with Gasteiger partial charge in [0.05, 0.1) is 5.56 Å². The average Bonchev–Trinajstić information content (AvgIpc) is 2.38. The molecule has 0 aliphatic heterocycles. The molecule has 3 unspecified atom stereocenters. The largest absolute Gasteiger partial charge is 0.489 e. The highest BCUT2D eigenvalue weighted by Gasteiger charge is 2.32. The molecule has 3 nitrogen and oxygen atoms in total. The fourth-order valence-electron chi connectivity index (χ4n) is 3.23. The van der Waals surface area contributed by atoms with Crippen molar-refractivity contribution >= 4 is 17.4 Å². The SMILES string of the molecule is CC1CCC(C(C)C)C(Oc2cc(Cl)ccc2C(=N)N)C1. The van der Waals surface area contributed by atoms with Crippen LogP contribution in [0.2, 0.25) is 5.02 Å². The normalized spacial score (nSPS) is 25.9. The summed E-state index contributed by atoms with van der Waals surface area (Å²) in [6, 6.07) is 5.28. The summed E-state index contributed by atoms with van der Waals surface area (Å²) < 4.78 is 6.27. The van der Waals surface area contributed by atoms with Crippen LogP contribution >= 0.6 is 11.6 Å². The van der Waals surface area contributed by atoms with Crippen molar-refractivity contribution in [1.82, 2.24) is 0 Å². The first-order chi connectivity index (χ1) is 9.88. The van der Waals surface area contributed by atoms with Crippen LogP contribution in [0, 0.1) is 23.2 Å². The fraction of sp³-hybridized carbons (Fsp3) is 0.588. The van der Waals surface area contributed by atoms with E-state index in [1.807, 2.05) is 0 Å². The van der Waals surface area contributed by atoms with E-state index >= 15 is 0 Å². The molecule has 1 saturated carbocycles. The van der Waals surface area contributed by atoms with Gasteiger partial charge in [0.1, 0.15) is 17.7 Å². The summed E-state index contributed by atoms with van der Waals surface area (Å²) in [5.74, 6) is 2.46. The molecule has 0 heterocycles. The number of nitrogen functional groups attached to an aromatic ring is 1. The molecule has 1 aromatic carbocycles. The number of nitrogens with two attached hydrogens (primary N) is 1. The van der Waals surface area contributed by atoms with Crippen LogP contribution in [0.25, 0.3) is 0 Å². The second-order valence-corrected chi connectivity index (χ2v) is 6.97. The number of hydrogen-bond acceptors (Lipinski definition) is 2.